The van der Waals surface area contributed by atoms with Gasteiger partial charge in [-0.25, -0.2) is 0 Å². The summed E-state index contributed by atoms with van der Waals surface area (Å²) in [4.78, 5) is 14.8. The van der Waals surface area contributed by atoms with Crippen LogP contribution in [0.4, 0.5) is 5.69 Å². The van der Waals surface area contributed by atoms with Gasteiger partial charge in [0.1, 0.15) is 0 Å². The number of hydrogen-bond donors (Lipinski definition) is 1. The Kier molecular flexibility index (Phi) is 4.93. The molecule has 136 valence electrons. The number of aryl methyl sites for hydroxylation is 1. The van der Waals surface area contributed by atoms with Gasteiger partial charge in [0.15, 0.2) is 0 Å². The lowest BCUT2D eigenvalue weighted by molar-refractivity contribution is 0.0951. The van der Waals surface area contributed by atoms with E-state index in [2.05, 4.69) is 59.6 Å². The van der Waals surface area contributed by atoms with Crippen LogP contribution in [0.2, 0.25) is 0 Å². The number of nitrogens with zero attached hydrogens (tertiary/aromatic N) is 1. The summed E-state index contributed by atoms with van der Waals surface area (Å²) in [5, 5.41) is 3.01. The maximum Gasteiger partial charge on any atom is 0.251 e. The van der Waals surface area contributed by atoms with E-state index in [-0.39, 0.29) is 5.91 Å². The minimum atomic E-state index is -0.0312. The number of nitrogens with one attached hydrogen (secondary N) is 1. The molecule has 0 atom stereocenters. The van der Waals surface area contributed by atoms with Crippen molar-refractivity contribution in [3.8, 4) is 0 Å². The van der Waals surface area contributed by atoms with Gasteiger partial charge in [0.2, 0.25) is 0 Å². The second-order valence-corrected chi connectivity index (χ2v) is 7.11. The highest BCUT2D eigenvalue weighted by Gasteiger charge is 2.18. The minimum Gasteiger partial charge on any atom is -0.367 e. The van der Waals surface area contributed by atoms with Crippen molar-refractivity contribution < 1.29 is 4.79 Å². The third-order valence-corrected chi connectivity index (χ3v) is 5.27. The number of amides is 1. The number of anilines is 1. The molecule has 0 saturated carbocycles. The monoisotopic (exact) mass is 356 g/mol. The molecule has 1 amide bonds. The number of benzene rings is 3. The lowest BCUT2D eigenvalue weighted by atomic mass is 10.1. The molecule has 3 aromatic rings. The minimum absolute atomic E-state index is 0.0312. The Bertz CT molecular complexity index is 947. The highest BCUT2D eigenvalue weighted by molar-refractivity contribution is 5.94. The van der Waals surface area contributed by atoms with Gasteiger partial charge in [-0.1, -0.05) is 54.6 Å². The molecule has 3 aromatic carbocycles. The van der Waals surface area contributed by atoms with Crippen LogP contribution < -0.4 is 10.2 Å². The lowest BCUT2D eigenvalue weighted by Gasteiger charge is -2.19. The zero-order valence-corrected chi connectivity index (χ0v) is 15.6. The molecule has 3 heteroatoms. The normalized spacial score (nSPS) is 12.7. The molecule has 27 heavy (non-hydrogen) atoms. The highest BCUT2D eigenvalue weighted by atomic mass is 16.1. The molecule has 0 aromatic heterocycles. The third-order valence-electron chi connectivity index (χ3n) is 5.27. The fourth-order valence-corrected chi connectivity index (χ4v) is 3.64. The second-order valence-electron chi connectivity index (χ2n) is 7.11. The van der Waals surface area contributed by atoms with E-state index < -0.39 is 0 Å². The second kappa shape index (κ2) is 7.67. The molecule has 0 bridgehead atoms. The molecule has 0 saturated heterocycles. The molecule has 0 radical (unpaired) electrons. The molecule has 0 spiro atoms. The fourth-order valence-electron chi connectivity index (χ4n) is 3.64. The first-order valence-electron chi connectivity index (χ1n) is 9.45. The van der Waals surface area contributed by atoms with E-state index >= 15 is 0 Å². The molecule has 3 nitrogen and oxygen atoms in total. The predicted molar refractivity (Wildman–Crippen MR) is 110 cm³/mol. The summed E-state index contributed by atoms with van der Waals surface area (Å²) in [6.45, 7) is 4.55. The van der Waals surface area contributed by atoms with E-state index in [0.717, 1.165) is 25.1 Å². The van der Waals surface area contributed by atoms with Crippen LogP contribution in [0.1, 0.15) is 32.6 Å². The summed E-state index contributed by atoms with van der Waals surface area (Å²) in [5.41, 5.74) is 7.02. The lowest BCUT2D eigenvalue weighted by Crippen LogP contribution is -2.23. The van der Waals surface area contributed by atoms with Gasteiger partial charge in [0.25, 0.3) is 5.91 Å². The Labute approximate surface area is 160 Å². The van der Waals surface area contributed by atoms with Gasteiger partial charge < -0.3 is 10.2 Å². The zero-order chi connectivity index (χ0) is 18.6. The van der Waals surface area contributed by atoms with Gasteiger partial charge in [-0.2, -0.15) is 0 Å². The molecular weight excluding hydrogens is 332 g/mol. The average molecular weight is 356 g/mol. The van der Waals surface area contributed by atoms with Crippen molar-refractivity contribution in [2.45, 2.75) is 26.4 Å². The van der Waals surface area contributed by atoms with E-state index in [1.165, 1.54) is 22.4 Å². The van der Waals surface area contributed by atoms with Gasteiger partial charge in [-0.05, 0) is 53.8 Å². The highest BCUT2D eigenvalue weighted by Crippen LogP contribution is 2.28. The summed E-state index contributed by atoms with van der Waals surface area (Å²) in [5.74, 6) is -0.0312. The molecular formula is C24H24N2O. The van der Waals surface area contributed by atoms with Crippen LogP contribution in [-0.2, 0) is 19.5 Å². The number of carbonyl (C=O) groups is 1. The first-order valence-corrected chi connectivity index (χ1v) is 9.45. The summed E-state index contributed by atoms with van der Waals surface area (Å²) >= 11 is 0. The third kappa shape index (κ3) is 3.87. The van der Waals surface area contributed by atoms with Crippen molar-refractivity contribution in [1.82, 2.24) is 5.32 Å². The summed E-state index contributed by atoms with van der Waals surface area (Å²) < 4.78 is 0. The predicted octanol–water partition coefficient (Wildman–Crippen LogP) is 4.49. The first-order chi connectivity index (χ1) is 13.2. The largest absolute Gasteiger partial charge is 0.367 e. The van der Waals surface area contributed by atoms with Crippen molar-refractivity contribution in [1.29, 1.82) is 0 Å². The van der Waals surface area contributed by atoms with Crippen LogP contribution in [0.3, 0.4) is 0 Å². The van der Waals surface area contributed by atoms with Crippen LogP contribution in [0.25, 0.3) is 0 Å². The Morgan fingerprint density at radius 2 is 1.70 bits per heavy atom. The van der Waals surface area contributed by atoms with E-state index in [1.54, 1.807) is 0 Å². The Hall–Kier alpha value is -3.07. The maximum absolute atomic E-state index is 12.4. The smallest absolute Gasteiger partial charge is 0.251 e. The van der Waals surface area contributed by atoms with Crippen molar-refractivity contribution in [3.63, 3.8) is 0 Å². The summed E-state index contributed by atoms with van der Waals surface area (Å²) in [6.07, 6.45) is 1.11. The molecule has 1 heterocycles. The van der Waals surface area contributed by atoms with E-state index in [0.29, 0.717) is 12.1 Å². The summed E-state index contributed by atoms with van der Waals surface area (Å²) in [7, 11) is 0. The Balaban J connectivity index is 1.38. The van der Waals surface area contributed by atoms with E-state index in [9.17, 15) is 4.79 Å². The van der Waals surface area contributed by atoms with Crippen molar-refractivity contribution in [2.24, 2.45) is 0 Å². The van der Waals surface area contributed by atoms with Crippen LogP contribution in [0, 0.1) is 6.92 Å². The molecule has 1 aliphatic rings. The fraction of sp³-hybridized carbons (Fsp3) is 0.208. The number of para-hydroxylation sites is 1. The van der Waals surface area contributed by atoms with Gasteiger partial charge in [-0.15, -0.1) is 0 Å². The summed E-state index contributed by atoms with van der Waals surface area (Å²) in [6, 6.07) is 24.7. The van der Waals surface area contributed by atoms with Crippen LogP contribution >= 0.6 is 0 Å². The Morgan fingerprint density at radius 1 is 0.963 bits per heavy atom. The molecule has 4 rings (SSSR count). The van der Waals surface area contributed by atoms with Crippen molar-refractivity contribution in [3.05, 3.63) is 101 Å². The first kappa shape index (κ1) is 17.3. The Morgan fingerprint density at radius 3 is 2.52 bits per heavy atom. The topological polar surface area (TPSA) is 32.3 Å². The zero-order valence-electron chi connectivity index (χ0n) is 15.6. The van der Waals surface area contributed by atoms with E-state index in [1.807, 2.05) is 30.3 Å². The standard InChI is InChI=1S/C24H24N2O/c1-18-6-2-3-8-22(18)16-25-24(27)21-12-10-19(11-13-21)17-26-15-14-20-7-4-5-9-23(20)26/h2-13H,14-17H2,1H3,(H,25,27). The van der Waals surface area contributed by atoms with Crippen LogP contribution in [0.15, 0.2) is 72.8 Å². The molecule has 0 fully saturated rings. The number of carbonyl (C=O) groups excluding carboxylic acids is 1. The maximum atomic E-state index is 12.4. The SMILES string of the molecule is Cc1ccccc1CNC(=O)c1ccc(CN2CCc3ccccc32)cc1. The molecule has 0 unspecified atom stereocenters. The van der Waals surface area contributed by atoms with Gasteiger partial charge in [0, 0.05) is 30.9 Å². The van der Waals surface area contributed by atoms with Crippen molar-refractivity contribution >= 4 is 11.6 Å². The molecule has 1 aliphatic heterocycles. The average Bonchev–Trinajstić information content (AvgIpc) is 3.11. The van der Waals surface area contributed by atoms with Crippen molar-refractivity contribution in [2.75, 3.05) is 11.4 Å². The number of fused-ring (bicyclic) bond motifs is 1. The van der Waals surface area contributed by atoms with Gasteiger partial charge >= 0.3 is 0 Å². The molecule has 1 N–H and O–H groups in total. The van der Waals surface area contributed by atoms with Crippen LogP contribution in [-0.4, -0.2) is 12.5 Å². The van der Waals surface area contributed by atoms with Gasteiger partial charge in [-0.3, -0.25) is 4.79 Å². The molecule has 0 aliphatic carbocycles. The van der Waals surface area contributed by atoms with Crippen LogP contribution in [0.5, 0.6) is 0 Å². The van der Waals surface area contributed by atoms with E-state index in [4.69, 9.17) is 0 Å². The number of rotatable bonds is 5. The quantitative estimate of drug-likeness (QED) is 0.731. The van der Waals surface area contributed by atoms with Gasteiger partial charge in [0.05, 0.1) is 0 Å². The number of hydrogen-bond acceptors (Lipinski definition) is 2.